The monoisotopic (exact) mass is 354 g/mol. The molecule has 0 aliphatic rings. The number of anilines is 2. The van der Waals surface area contributed by atoms with Crippen LogP contribution in [0.2, 0.25) is 16.6 Å². The summed E-state index contributed by atoms with van der Waals surface area (Å²) in [4.78, 5) is 14.3. The van der Waals surface area contributed by atoms with Gasteiger partial charge in [-0.25, -0.2) is 0 Å². The molecule has 0 unspecified atom stereocenters. The Labute approximate surface area is 132 Å². The number of esters is 1. The van der Waals surface area contributed by atoms with Gasteiger partial charge in [0.2, 0.25) is 0 Å². The fourth-order valence-corrected chi connectivity index (χ4v) is 3.25. The Bertz CT molecular complexity index is 496. The summed E-state index contributed by atoms with van der Waals surface area (Å²) in [5.74, 6) is -0.371. The molecule has 118 valence electrons. The molecule has 2 N–H and O–H groups in total. The van der Waals surface area contributed by atoms with Gasteiger partial charge in [0, 0.05) is 0 Å². The average molecular weight is 354 g/mol. The summed E-state index contributed by atoms with van der Waals surface area (Å²) in [5.41, 5.74) is 12.1. The predicted molar refractivity (Wildman–Crippen MR) is 91.6 cm³/mol. The van der Waals surface area contributed by atoms with E-state index in [-0.39, 0.29) is 5.97 Å². The van der Waals surface area contributed by atoms with Crippen molar-refractivity contribution in [1.82, 2.24) is 0 Å². The summed E-state index contributed by atoms with van der Waals surface area (Å²) in [6, 6.07) is 5.53. The van der Waals surface area contributed by atoms with E-state index >= 15 is 0 Å². The van der Waals surface area contributed by atoms with Gasteiger partial charge in [0.05, 0.1) is 0 Å². The normalized spacial score (nSPS) is 11.6. The molecular weight excluding hydrogens is 327 g/mol. The number of hydrogen-bond donors (Lipinski definition) is 1. The molecule has 21 heavy (non-hydrogen) atoms. The number of hydrogen-bond acceptors (Lipinski definition) is 4. The first-order valence-corrected chi connectivity index (χ1v) is 12.2. The van der Waals surface area contributed by atoms with Crippen molar-refractivity contribution in [2.75, 3.05) is 24.2 Å². The predicted octanol–water partition coefficient (Wildman–Crippen LogP) is 3.41. The summed E-state index contributed by atoms with van der Waals surface area (Å²) in [6.45, 7) is 6.57. The van der Waals surface area contributed by atoms with Crippen LogP contribution in [0.3, 0.4) is 0 Å². The molecule has 1 rings (SSSR count). The Morgan fingerprint density at radius 1 is 1.33 bits per heavy atom. The van der Waals surface area contributed by atoms with Gasteiger partial charge in [0.1, 0.15) is 0 Å². The molecule has 0 aliphatic carbocycles. The molecule has 0 heterocycles. The van der Waals surface area contributed by atoms with Crippen molar-refractivity contribution in [2.45, 2.75) is 43.0 Å². The minimum absolute atomic E-state index is 0.371. The van der Waals surface area contributed by atoms with Crippen LogP contribution >= 0.6 is 0 Å². The van der Waals surface area contributed by atoms with E-state index in [1.807, 2.05) is 32.9 Å². The van der Waals surface area contributed by atoms with Crippen molar-refractivity contribution in [2.24, 2.45) is 0 Å². The van der Waals surface area contributed by atoms with Crippen LogP contribution in [0, 0.1) is 0 Å². The molecule has 0 aromatic heterocycles. The number of nitrogens with two attached hydrogens (primary N) is 1. The van der Waals surface area contributed by atoms with Crippen LogP contribution < -0.4 is 10.6 Å². The molecule has 0 amide bonds. The maximum atomic E-state index is 12.1. The van der Waals surface area contributed by atoms with Crippen LogP contribution in [0.1, 0.15) is 31.1 Å². The number of nitrogen functional groups attached to an aromatic ring is 1. The minimum atomic E-state index is -0.621. The fourth-order valence-electron chi connectivity index (χ4n) is 1.79. The van der Waals surface area contributed by atoms with Crippen molar-refractivity contribution in [3.63, 3.8) is 0 Å². The fraction of sp³-hybridized carbons (Fsp3) is 0.562. The average Bonchev–Trinajstić information content (AvgIpc) is 2.33. The summed E-state index contributed by atoms with van der Waals surface area (Å²) in [7, 11) is 2.06. The molecule has 0 aliphatic heterocycles. The molecule has 0 saturated carbocycles. The molecule has 0 radical (unpaired) electrons. The molecule has 5 heteroatoms. The topological polar surface area (TPSA) is 55.6 Å². The van der Waals surface area contributed by atoms with Crippen LogP contribution in [0.4, 0.5) is 11.4 Å². The van der Waals surface area contributed by atoms with Gasteiger partial charge >= 0.3 is 133 Å². The quantitative estimate of drug-likeness (QED) is 0.500. The number of benzene rings is 1. The number of nitrogens with zero attached hydrogens (tertiary/aromatic N) is 1. The molecule has 1 aromatic rings. The Balaban J connectivity index is 2.83. The first kappa shape index (κ1) is 17.9. The second kappa shape index (κ2) is 7.21. The van der Waals surface area contributed by atoms with Gasteiger partial charge in [0.25, 0.3) is 0 Å². The van der Waals surface area contributed by atoms with E-state index in [2.05, 4.69) is 23.4 Å². The first-order chi connectivity index (χ1) is 9.60. The van der Waals surface area contributed by atoms with Gasteiger partial charge < -0.3 is 0 Å². The van der Waals surface area contributed by atoms with Crippen LogP contribution in [-0.4, -0.2) is 39.8 Å². The standard InChI is InChI=1S/C16H27AsN2O2/c1-16(2,3)21-15(20)13-8-7-12(11-14(13)18)19(6)10-9-17(4)5/h7-8,11H,9-10,18H2,1-6H3. The maximum absolute atomic E-state index is 12.1. The Morgan fingerprint density at radius 3 is 2.43 bits per heavy atom. The zero-order chi connectivity index (χ0) is 16.2. The van der Waals surface area contributed by atoms with Crippen molar-refractivity contribution >= 4 is 32.0 Å². The Kier molecular flexibility index (Phi) is 6.15. The van der Waals surface area contributed by atoms with E-state index < -0.39 is 20.3 Å². The molecule has 0 atom stereocenters. The Morgan fingerprint density at radius 2 is 1.95 bits per heavy atom. The van der Waals surface area contributed by atoms with Crippen molar-refractivity contribution < 1.29 is 9.53 Å². The van der Waals surface area contributed by atoms with Crippen molar-refractivity contribution in [1.29, 1.82) is 0 Å². The van der Waals surface area contributed by atoms with E-state index in [1.54, 1.807) is 6.07 Å². The summed E-state index contributed by atoms with van der Waals surface area (Å²) in [6.07, 6.45) is 0. The van der Waals surface area contributed by atoms with Crippen LogP contribution in [0.5, 0.6) is 0 Å². The molecule has 1 aromatic carbocycles. The molecule has 0 spiro atoms. The van der Waals surface area contributed by atoms with E-state index in [0.717, 1.165) is 12.2 Å². The van der Waals surface area contributed by atoms with E-state index in [1.165, 1.54) is 5.21 Å². The Hall–Kier alpha value is -1.15. The van der Waals surface area contributed by atoms with Gasteiger partial charge in [-0.1, -0.05) is 0 Å². The van der Waals surface area contributed by atoms with Crippen molar-refractivity contribution in [3.8, 4) is 0 Å². The van der Waals surface area contributed by atoms with Crippen molar-refractivity contribution in [3.05, 3.63) is 23.8 Å². The third kappa shape index (κ3) is 6.01. The van der Waals surface area contributed by atoms with E-state index in [0.29, 0.717) is 11.3 Å². The van der Waals surface area contributed by atoms with Gasteiger partial charge in [0.15, 0.2) is 0 Å². The molecule has 0 bridgehead atoms. The van der Waals surface area contributed by atoms with Gasteiger partial charge in [-0.05, 0) is 0 Å². The SMILES string of the molecule is CN(CC[As](C)C)c1ccc(C(=O)OC(C)(C)C)c(N)c1. The number of carbonyl (C=O) groups is 1. The third-order valence-electron chi connectivity index (χ3n) is 2.98. The molecular formula is C16H27AsN2O2. The number of carbonyl (C=O) groups excluding carboxylic acids is 1. The van der Waals surface area contributed by atoms with Gasteiger partial charge in [-0.2, -0.15) is 0 Å². The first-order valence-electron chi connectivity index (χ1n) is 7.09. The van der Waals surface area contributed by atoms with Crippen LogP contribution in [0.25, 0.3) is 0 Å². The summed E-state index contributed by atoms with van der Waals surface area (Å²) >= 11 is -0.621. The van der Waals surface area contributed by atoms with E-state index in [9.17, 15) is 4.79 Å². The number of rotatable bonds is 5. The second-order valence-electron chi connectivity index (χ2n) is 6.50. The van der Waals surface area contributed by atoms with Crippen LogP contribution in [0.15, 0.2) is 18.2 Å². The molecule has 0 saturated heterocycles. The molecule has 4 nitrogen and oxygen atoms in total. The van der Waals surface area contributed by atoms with E-state index in [4.69, 9.17) is 10.5 Å². The summed E-state index contributed by atoms with van der Waals surface area (Å²) < 4.78 is 5.36. The molecule has 0 fully saturated rings. The zero-order valence-corrected chi connectivity index (χ0v) is 15.8. The van der Waals surface area contributed by atoms with Gasteiger partial charge in [-0.15, -0.1) is 0 Å². The second-order valence-corrected chi connectivity index (χ2v) is 12.0. The third-order valence-corrected chi connectivity index (χ3v) is 5.27. The number of ether oxygens (including phenoxy) is 1. The summed E-state index contributed by atoms with van der Waals surface area (Å²) in [5, 5.41) is 1.26. The van der Waals surface area contributed by atoms with Gasteiger partial charge in [-0.3, -0.25) is 0 Å². The zero-order valence-electron chi connectivity index (χ0n) is 13.9. The van der Waals surface area contributed by atoms with Crippen LogP contribution in [-0.2, 0) is 4.74 Å².